The van der Waals surface area contributed by atoms with E-state index in [9.17, 15) is 18.8 Å². The van der Waals surface area contributed by atoms with E-state index in [1.54, 1.807) is 11.0 Å². The first-order chi connectivity index (χ1) is 14.8. The molecule has 1 N–H and O–H groups in total. The van der Waals surface area contributed by atoms with Gasteiger partial charge in [0.15, 0.2) is 0 Å². The van der Waals surface area contributed by atoms with Gasteiger partial charge in [0, 0.05) is 12.1 Å². The van der Waals surface area contributed by atoms with Crippen molar-refractivity contribution >= 4 is 23.3 Å². The number of fused-ring (bicyclic) bond motifs is 2. The van der Waals surface area contributed by atoms with E-state index in [4.69, 9.17) is 4.74 Å². The van der Waals surface area contributed by atoms with Crippen LogP contribution < -0.4 is 10.9 Å². The Morgan fingerprint density at radius 1 is 1.35 bits per heavy atom. The number of ether oxygens (including phenoxy) is 1. The fourth-order valence-corrected chi connectivity index (χ4v) is 3.73. The molecule has 0 bridgehead atoms. The highest BCUT2D eigenvalue weighted by molar-refractivity contribution is 5.98. The largest absolute Gasteiger partial charge is 0.366 e. The molecule has 3 aromatic heterocycles. The molecule has 1 unspecified atom stereocenters. The molecule has 31 heavy (non-hydrogen) atoms. The molecule has 1 fully saturated rings. The van der Waals surface area contributed by atoms with E-state index in [1.807, 2.05) is 13.8 Å². The number of aromatic nitrogens is 4. The molecular weight excluding hydrogens is 407 g/mol. The smallest absolute Gasteiger partial charge is 0.280 e. The second kappa shape index (κ2) is 6.98. The van der Waals surface area contributed by atoms with Gasteiger partial charge in [0.05, 0.1) is 30.6 Å². The maximum absolute atomic E-state index is 13.1. The summed E-state index contributed by atoms with van der Waals surface area (Å²) in [5.74, 6) is -1.14. The minimum Gasteiger partial charge on any atom is -0.366 e. The van der Waals surface area contributed by atoms with Crippen LogP contribution in [0.4, 0.5) is 10.2 Å². The van der Waals surface area contributed by atoms with Gasteiger partial charge in [-0.3, -0.25) is 14.4 Å². The fraction of sp³-hybridized carbons (Fsp3) is 0.350. The summed E-state index contributed by atoms with van der Waals surface area (Å²) < 4.78 is 21.1. The highest BCUT2D eigenvalue weighted by Crippen LogP contribution is 2.30. The molecule has 5 rings (SSSR count). The van der Waals surface area contributed by atoms with Crippen LogP contribution in [-0.2, 0) is 22.6 Å². The quantitative estimate of drug-likeness (QED) is 0.612. The van der Waals surface area contributed by atoms with Crippen molar-refractivity contribution in [3.63, 3.8) is 0 Å². The summed E-state index contributed by atoms with van der Waals surface area (Å²) in [6.45, 7) is 4.13. The molecule has 0 saturated carbocycles. The Morgan fingerprint density at radius 3 is 2.77 bits per heavy atom. The number of carbonyl (C=O) groups is 2. The van der Waals surface area contributed by atoms with Crippen LogP contribution in [-0.4, -0.2) is 48.5 Å². The van der Waals surface area contributed by atoms with Crippen molar-refractivity contribution in [3.8, 4) is 0 Å². The molecule has 11 heteroatoms. The molecule has 1 saturated heterocycles. The van der Waals surface area contributed by atoms with E-state index in [1.165, 1.54) is 21.2 Å². The monoisotopic (exact) mass is 426 g/mol. The molecule has 0 radical (unpaired) electrons. The Labute approximate surface area is 175 Å². The first kappa shape index (κ1) is 19.4. The molecule has 10 nitrogen and oxygen atoms in total. The van der Waals surface area contributed by atoms with Crippen molar-refractivity contribution in [2.75, 3.05) is 11.9 Å². The van der Waals surface area contributed by atoms with Gasteiger partial charge < -0.3 is 19.5 Å². The SMILES string of the molecule is CC(C)N1Cc2c(n(CC(=O)Nc3ccc(F)cn3)c3cc(C4CO4)nn3c2=O)C1=O. The average molecular weight is 426 g/mol. The third kappa shape index (κ3) is 3.26. The van der Waals surface area contributed by atoms with Crippen LogP contribution >= 0.6 is 0 Å². The zero-order valence-corrected chi connectivity index (χ0v) is 16.8. The van der Waals surface area contributed by atoms with E-state index < -0.39 is 11.7 Å². The van der Waals surface area contributed by atoms with Crippen molar-refractivity contribution in [1.82, 2.24) is 24.1 Å². The van der Waals surface area contributed by atoms with Gasteiger partial charge in [0.1, 0.15) is 35.6 Å². The van der Waals surface area contributed by atoms with E-state index in [0.29, 0.717) is 23.5 Å². The van der Waals surface area contributed by atoms with Gasteiger partial charge in [-0.25, -0.2) is 9.37 Å². The number of nitrogens with one attached hydrogen (secondary N) is 1. The summed E-state index contributed by atoms with van der Waals surface area (Å²) in [5, 5.41) is 6.94. The normalized spacial score (nSPS) is 17.5. The minimum atomic E-state index is -0.522. The Kier molecular flexibility index (Phi) is 4.36. The van der Waals surface area contributed by atoms with Crippen molar-refractivity contribution in [2.45, 2.75) is 39.1 Å². The Morgan fingerprint density at radius 2 is 2.13 bits per heavy atom. The Balaban J connectivity index is 1.59. The maximum atomic E-state index is 13.1. The highest BCUT2D eigenvalue weighted by atomic mass is 19.1. The number of rotatable bonds is 5. The maximum Gasteiger partial charge on any atom is 0.280 e. The Bertz CT molecular complexity index is 1280. The van der Waals surface area contributed by atoms with Crippen LogP contribution in [0, 0.1) is 5.82 Å². The molecule has 2 aliphatic heterocycles. The van der Waals surface area contributed by atoms with Gasteiger partial charge in [-0.1, -0.05) is 0 Å². The zero-order valence-electron chi connectivity index (χ0n) is 16.8. The molecule has 5 heterocycles. The predicted molar refractivity (Wildman–Crippen MR) is 106 cm³/mol. The fourth-order valence-electron chi connectivity index (χ4n) is 3.73. The number of carbonyl (C=O) groups excluding carboxylic acids is 2. The van der Waals surface area contributed by atoms with Gasteiger partial charge in [0.25, 0.3) is 11.5 Å². The molecule has 1 atom stereocenters. The lowest BCUT2D eigenvalue weighted by molar-refractivity contribution is -0.116. The second-order valence-corrected chi connectivity index (χ2v) is 7.82. The van der Waals surface area contributed by atoms with Crippen molar-refractivity contribution in [1.29, 1.82) is 0 Å². The van der Waals surface area contributed by atoms with Gasteiger partial charge >= 0.3 is 0 Å². The second-order valence-electron chi connectivity index (χ2n) is 7.82. The molecule has 2 aliphatic rings. The van der Waals surface area contributed by atoms with Crippen molar-refractivity contribution in [2.24, 2.45) is 0 Å². The van der Waals surface area contributed by atoms with Crippen LogP contribution in [0.15, 0.2) is 29.2 Å². The molecule has 0 aliphatic carbocycles. The van der Waals surface area contributed by atoms with Crippen LogP contribution in [0.2, 0.25) is 0 Å². The number of pyridine rings is 1. The number of anilines is 1. The lowest BCUT2D eigenvalue weighted by Gasteiger charge is -2.20. The topological polar surface area (TPSA) is 114 Å². The molecule has 2 amide bonds. The summed E-state index contributed by atoms with van der Waals surface area (Å²) >= 11 is 0. The number of epoxide rings is 1. The van der Waals surface area contributed by atoms with Gasteiger partial charge in [-0.2, -0.15) is 9.61 Å². The van der Waals surface area contributed by atoms with Crippen LogP contribution in [0.1, 0.15) is 41.7 Å². The molecule has 0 spiro atoms. The first-order valence-electron chi connectivity index (χ1n) is 9.83. The molecule has 0 aromatic carbocycles. The zero-order chi connectivity index (χ0) is 21.9. The Hall–Kier alpha value is -3.60. The summed E-state index contributed by atoms with van der Waals surface area (Å²) in [7, 11) is 0. The highest BCUT2D eigenvalue weighted by Gasteiger charge is 2.37. The first-order valence-corrected chi connectivity index (χ1v) is 9.83. The lowest BCUT2D eigenvalue weighted by atomic mass is 10.2. The summed E-state index contributed by atoms with van der Waals surface area (Å²) in [6.07, 6.45) is 0.802. The predicted octanol–water partition coefficient (Wildman–Crippen LogP) is 1.10. The van der Waals surface area contributed by atoms with Gasteiger partial charge in [-0.15, -0.1) is 0 Å². The molecular formula is C20H19FN6O4. The van der Waals surface area contributed by atoms with Crippen LogP contribution in [0.5, 0.6) is 0 Å². The van der Waals surface area contributed by atoms with E-state index in [0.717, 1.165) is 6.20 Å². The minimum absolute atomic E-state index is 0.118. The number of halogens is 1. The summed E-state index contributed by atoms with van der Waals surface area (Å²) in [5.41, 5.74) is 0.992. The van der Waals surface area contributed by atoms with Gasteiger partial charge in [0.2, 0.25) is 5.91 Å². The van der Waals surface area contributed by atoms with Gasteiger partial charge in [-0.05, 0) is 26.0 Å². The van der Waals surface area contributed by atoms with E-state index in [-0.39, 0.29) is 48.2 Å². The average Bonchev–Trinajstić information content (AvgIpc) is 3.38. The van der Waals surface area contributed by atoms with E-state index >= 15 is 0 Å². The van der Waals surface area contributed by atoms with Crippen molar-refractivity contribution in [3.05, 3.63) is 57.5 Å². The number of amides is 2. The van der Waals surface area contributed by atoms with Crippen LogP contribution in [0.3, 0.4) is 0 Å². The number of hydrogen-bond donors (Lipinski definition) is 1. The van der Waals surface area contributed by atoms with Crippen molar-refractivity contribution < 1.29 is 18.7 Å². The van der Waals surface area contributed by atoms with E-state index in [2.05, 4.69) is 15.4 Å². The summed E-state index contributed by atoms with van der Waals surface area (Å²) in [4.78, 5) is 44.3. The molecule has 3 aromatic rings. The summed E-state index contributed by atoms with van der Waals surface area (Å²) in [6, 6.07) is 4.06. The van der Waals surface area contributed by atoms with Crippen LogP contribution in [0.25, 0.3) is 5.65 Å². The third-order valence-corrected chi connectivity index (χ3v) is 5.37. The standard InChI is InChI=1S/C20H19FN6O4/c1-10(2)25-7-12-18(20(25)30)26(8-16(28)23-15-4-3-11(21)6-22-15)17-5-13(14-9-31-14)24-27(17)19(12)29/h3-6,10,14H,7-9H2,1-2H3,(H,22,23,28). The molecule has 160 valence electrons. The third-order valence-electron chi connectivity index (χ3n) is 5.37. The lowest BCUT2D eigenvalue weighted by Crippen LogP contribution is -2.32. The number of nitrogens with zero attached hydrogens (tertiary/aromatic N) is 5. The number of hydrogen-bond acceptors (Lipinski definition) is 6.